The summed E-state index contributed by atoms with van der Waals surface area (Å²) >= 11 is 0. The highest BCUT2D eigenvalue weighted by Gasteiger charge is 2.05. The highest BCUT2D eigenvalue weighted by molar-refractivity contribution is 5.69. The maximum Gasteiger partial charge on any atom is 0.412 e. The van der Waals surface area contributed by atoms with Crippen LogP contribution in [0.25, 0.3) is 0 Å². The Hall–Kier alpha value is -2.53. The van der Waals surface area contributed by atoms with Crippen molar-refractivity contribution < 1.29 is 14.3 Å². The van der Waals surface area contributed by atoms with Crippen molar-refractivity contribution in [3.63, 3.8) is 0 Å². The van der Waals surface area contributed by atoms with E-state index in [9.17, 15) is 4.79 Å². The topological polar surface area (TPSA) is 50.8 Å². The van der Waals surface area contributed by atoms with Gasteiger partial charge in [-0.15, -0.1) is 0 Å². The molecule has 0 bridgehead atoms. The molecule has 24 heavy (non-hydrogen) atoms. The lowest BCUT2D eigenvalue weighted by molar-refractivity contribution is 0.203. The second-order valence-electron chi connectivity index (χ2n) is 5.54. The summed E-state index contributed by atoms with van der Waals surface area (Å²) in [7, 11) is 3.60. The number of ether oxygens (including phenoxy) is 2. The van der Waals surface area contributed by atoms with Crippen molar-refractivity contribution in [1.29, 1.82) is 0 Å². The molecule has 1 amide bonds. The van der Waals surface area contributed by atoms with Crippen molar-refractivity contribution in [3.05, 3.63) is 60.2 Å². The van der Waals surface area contributed by atoms with Crippen molar-refractivity contribution in [2.24, 2.45) is 0 Å². The first-order valence-corrected chi connectivity index (χ1v) is 8.02. The summed E-state index contributed by atoms with van der Waals surface area (Å²) in [5.74, 6) is 1.45. The van der Waals surface area contributed by atoms with E-state index in [0.717, 1.165) is 30.8 Å². The second-order valence-corrected chi connectivity index (χ2v) is 5.54. The molecule has 128 valence electrons. The zero-order valence-electron chi connectivity index (χ0n) is 14.2. The molecule has 0 spiro atoms. The number of rotatable bonds is 8. The summed E-state index contributed by atoms with van der Waals surface area (Å²) in [5.41, 5.74) is 1.10. The fourth-order valence-corrected chi connectivity index (χ4v) is 2.30. The fraction of sp³-hybridized carbons (Fsp3) is 0.316. The molecule has 0 fully saturated rings. The SMILES string of the molecule is CNC(=O)Oc1cccc(CN(C)CCCOc2ccccc2)c1. The lowest BCUT2D eigenvalue weighted by Crippen LogP contribution is -2.22. The number of benzene rings is 2. The maximum absolute atomic E-state index is 11.2. The number of nitrogens with one attached hydrogen (secondary N) is 1. The van der Waals surface area contributed by atoms with Gasteiger partial charge in [-0.05, 0) is 43.3 Å². The zero-order valence-corrected chi connectivity index (χ0v) is 14.2. The van der Waals surface area contributed by atoms with Crippen LogP contribution in [0.4, 0.5) is 4.79 Å². The minimum Gasteiger partial charge on any atom is -0.494 e. The number of carbonyl (C=O) groups excluding carboxylic acids is 1. The van der Waals surface area contributed by atoms with Gasteiger partial charge in [-0.1, -0.05) is 30.3 Å². The molecule has 5 nitrogen and oxygen atoms in total. The third kappa shape index (κ3) is 6.30. The zero-order chi connectivity index (χ0) is 17.2. The summed E-state index contributed by atoms with van der Waals surface area (Å²) < 4.78 is 10.8. The van der Waals surface area contributed by atoms with Gasteiger partial charge in [0.05, 0.1) is 6.61 Å². The van der Waals surface area contributed by atoms with E-state index in [2.05, 4.69) is 17.3 Å². The average Bonchev–Trinajstić information content (AvgIpc) is 2.60. The summed E-state index contributed by atoms with van der Waals surface area (Å²) in [6.07, 6.45) is 0.485. The standard InChI is InChI=1S/C19H24N2O3/c1-20-19(22)24-18-11-6-8-16(14-18)15-21(2)12-7-13-23-17-9-4-3-5-10-17/h3-6,8-11,14H,7,12-13,15H2,1-2H3,(H,20,22). The van der Waals surface area contributed by atoms with Crippen LogP contribution in [0, 0.1) is 0 Å². The molecule has 0 saturated heterocycles. The molecule has 0 aromatic heterocycles. The molecular weight excluding hydrogens is 304 g/mol. The number of hydrogen-bond acceptors (Lipinski definition) is 4. The van der Waals surface area contributed by atoms with Gasteiger partial charge in [-0.2, -0.15) is 0 Å². The molecule has 1 N–H and O–H groups in total. The van der Waals surface area contributed by atoms with E-state index < -0.39 is 6.09 Å². The Kier molecular flexibility index (Phi) is 7.11. The van der Waals surface area contributed by atoms with Crippen LogP contribution in [-0.4, -0.2) is 38.2 Å². The first kappa shape index (κ1) is 17.8. The van der Waals surface area contributed by atoms with Gasteiger partial charge < -0.3 is 19.7 Å². The van der Waals surface area contributed by atoms with Crippen molar-refractivity contribution in [3.8, 4) is 11.5 Å². The van der Waals surface area contributed by atoms with E-state index in [4.69, 9.17) is 9.47 Å². The number of hydrogen-bond donors (Lipinski definition) is 1. The van der Waals surface area contributed by atoms with Crippen molar-refractivity contribution in [2.45, 2.75) is 13.0 Å². The van der Waals surface area contributed by atoms with Crippen LogP contribution in [-0.2, 0) is 6.54 Å². The molecule has 0 aliphatic carbocycles. The highest BCUT2D eigenvalue weighted by atomic mass is 16.5. The molecule has 2 rings (SSSR count). The first-order chi connectivity index (χ1) is 11.7. The minimum atomic E-state index is -0.460. The van der Waals surface area contributed by atoms with Gasteiger partial charge >= 0.3 is 6.09 Å². The quantitative estimate of drug-likeness (QED) is 0.755. The molecule has 0 aliphatic rings. The van der Waals surface area contributed by atoms with E-state index >= 15 is 0 Å². The van der Waals surface area contributed by atoms with E-state index in [-0.39, 0.29) is 0 Å². The van der Waals surface area contributed by atoms with Crippen LogP contribution >= 0.6 is 0 Å². The molecule has 0 radical (unpaired) electrons. The van der Waals surface area contributed by atoms with Gasteiger partial charge in [0.25, 0.3) is 0 Å². The van der Waals surface area contributed by atoms with Crippen LogP contribution in [0.15, 0.2) is 54.6 Å². The molecule has 0 aliphatic heterocycles. The molecule has 0 saturated carbocycles. The number of nitrogens with zero attached hydrogens (tertiary/aromatic N) is 1. The number of amides is 1. The van der Waals surface area contributed by atoms with Crippen LogP contribution in [0.1, 0.15) is 12.0 Å². The van der Waals surface area contributed by atoms with Gasteiger partial charge in [-0.25, -0.2) is 4.79 Å². The van der Waals surface area contributed by atoms with Gasteiger partial charge in [-0.3, -0.25) is 0 Å². The monoisotopic (exact) mass is 328 g/mol. The second kappa shape index (κ2) is 9.57. The number of carbonyl (C=O) groups is 1. The Bertz CT molecular complexity index is 632. The molecule has 2 aromatic rings. The van der Waals surface area contributed by atoms with Crippen LogP contribution in [0.2, 0.25) is 0 Å². The summed E-state index contributed by atoms with van der Waals surface area (Å²) in [4.78, 5) is 13.5. The molecular formula is C19H24N2O3. The van der Waals surface area contributed by atoms with Gasteiger partial charge in [0.2, 0.25) is 0 Å². The smallest absolute Gasteiger partial charge is 0.412 e. The van der Waals surface area contributed by atoms with Crippen LogP contribution in [0.3, 0.4) is 0 Å². The van der Waals surface area contributed by atoms with Crippen molar-refractivity contribution in [1.82, 2.24) is 10.2 Å². The normalized spacial score (nSPS) is 10.5. The van der Waals surface area contributed by atoms with E-state index in [1.807, 2.05) is 48.5 Å². The lowest BCUT2D eigenvalue weighted by atomic mass is 10.2. The molecule has 0 heterocycles. The molecule has 2 aromatic carbocycles. The fourth-order valence-electron chi connectivity index (χ4n) is 2.30. The van der Waals surface area contributed by atoms with Gasteiger partial charge in [0.15, 0.2) is 0 Å². The Morgan fingerprint density at radius 1 is 1.08 bits per heavy atom. The Morgan fingerprint density at radius 2 is 1.83 bits per heavy atom. The van der Waals surface area contributed by atoms with Crippen LogP contribution < -0.4 is 14.8 Å². The molecule has 0 atom stereocenters. The van der Waals surface area contributed by atoms with Crippen molar-refractivity contribution in [2.75, 3.05) is 27.2 Å². The van der Waals surface area contributed by atoms with E-state index in [1.165, 1.54) is 7.05 Å². The highest BCUT2D eigenvalue weighted by Crippen LogP contribution is 2.15. The molecule has 5 heteroatoms. The summed E-state index contributed by atoms with van der Waals surface area (Å²) in [5, 5.41) is 2.44. The predicted molar refractivity (Wildman–Crippen MR) is 94.4 cm³/mol. The summed E-state index contributed by atoms with van der Waals surface area (Å²) in [6.45, 7) is 2.40. The van der Waals surface area contributed by atoms with Crippen molar-refractivity contribution >= 4 is 6.09 Å². The van der Waals surface area contributed by atoms with E-state index in [0.29, 0.717) is 12.4 Å². The van der Waals surface area contributed by atoms with Gasteiger partial charge in [0, 0.05) is 20.1 Å². The molecule has 0 unspecified atom stereocenters. The Labute approximate surface area is 143 Å². The largest absolute Gasteiger partial charge is 0.494 e. The Balaban J connectivity index is 1.72. The Morgan fingerprint density at radius 3 is 2.58 bits per heavy atom. The van der Waals surface area contributed by atoms with E-state index in [1.54, 1.807) is 6.07 Å². The minimum absolute atomic E-state index is 0.460. The lowest BCUT2D eigenvalue weighted by Gasteiger charge is -2.17. The third-order valence-corrected chi connectivity index (χ3v) is 3.46. The first-order valence-electron chi connectivity index (χ1n) is 8.02. The predicted octanol–water partition coefficient (Wildman–Crippen LogP) is 3.31. The van der Waals surface area contributed by atoms with Crippen LogP contribution in [0.5, 0.6) is 11.5 Å². The summed E-state index contributed by atoms with van der Waals surface area (Å²) in [6, 6.07) is 17.4. The van der Waals surface area contributed by atoms with Gasteiger partial charge in [0.1, 0.15) is 11.5 Å². The maximum atomic E-state index is 11.2. The third-order valence-electron chi connectivity index (χ3n) is 3.46. The number of para-hydroxylation sites is 1. The average molecular weight is 328 g/mol.